The Kier molecular flexibility index (Phi) is 16.4. The largest absolute Gasteiger partial charge is 0.382 e. The molecule has 0 saturated heterocycles. The fourth-order valence-electron chi connectivity index (χ4n) is 5.06. The van der Waals surface area contributed by atoms with Crippen LogP contribution in [0.3, 0.4) is 0 Å². The summed E-state index contributed by atoms with van der Waals surface area (Å²) in [6, 6.07) is 5.06. The van der Waals surface area contributed by atoms with Gasteiger partial charge in [-0.3, -0.25) is 22.8 Å². The van der Waals surface area contributed by atoms with Crippen molar-refractivity contribution in [3.63, 3.8) is 0 Å². The second-order valence-corrected chi connectivity index (χ2v) is 21.9. The number of nitriles is 2. The number of nitrogens with zero attached hydrogens (tertiary/aromatic N) is 13. The monoisotopic (exact) mass is 1120 g/mol. The summed E-state index contributed by atoms with van der Waals surface area (Å²) in [5.41, 5.74) is 18.5. The second-order valence-electron chi connectivity index (χ2n) is 12.8. The molecule has 0 saturated carbocycles. The number of hydrogen-bond donors (Lipinski definition) is 12. The minimum absolute atomic E-state index is 0.0733. The number of nitrogen functional groups attached to an aromatic ring is 4. The first-order chi connectivity index (χ1) is 32.9. The lowest BCUT2D eigenvalue weighted by molar-refractivity contribution is 0.479. The topological polar surface area (TPSA) is 599 Å². The zero-order chi connectivity index (χ0) is 52.9. The molecule has 376 valence electrons. The molecule has 16 N–H and O–H groups in total. The molecular weight excluding hydrogens is 1090 g/mol. The van der Waals surface area contributed by atoms with Crippen molar-refractivity contribution in [2.24, 2.45) is 20.5 Å². The number of anilines is 9. The average Bonchev–Trinajstić information content (AvgIpc) is 3.22. The fraction of sp³-hybridized carbons (Fsp3) is 0.138. The van der Waals surface area contributed by atoms with E-state index in [-0.39, 0.29) is 21.8 Å². The van der Waals surface area contributed by atoms with Crippen LogP contribution in [0.1, 0.15) is 0 Å². The summed E-state index contributed by atoms with van der Waals surface area (Å²) in [5.74, 6) is -5.71. The summed E-state index contributed by atoms with van der Waals surface area (Å²) in [6.07, 6.45) is 0. The predicted octanol–water partition coefficient (Wildman–Crippen LogP) is 1.62. The highest BCUT2D eigenvalue weighted by Gasteiger charge is 2.28. The quantitative estimate of drug-likeness (QED) is 0.0228. The van der Waals surface area contributed by atoms with Crippen LogP contribution in [0.5, 0.6) is 0 Å². The van der Waals surface area contributed by atoms with Crippen LogP contribution in [0.15, 0.2) is 74.6 Å². The van der Waals surface area contributed by atoms with Crippen LogP contribution in [0.4, 0.5) is 75.2 Å². The summed E-state index contributed by atoms with van der Waals surface area (Å²) in [4.78, 5) is 22.0. The van der Waals surface area contributed by atoms with Gasteiger partial charge in [-0.1, -0.05) is 23.5 Å². The maximum atomic E-state index is 12.7. The molecular formula is C29H28N20O15S7. The van der Waals surface area contributed by atoms with Crippen LogP contribution >= 0.6 is 23.5 Å². The molecule has 3 heterocycles. The Morgan fingerprint density at radius 1 is 0.507 bits per heavy atom. The average molecular weight is 1120 g/mol. The Hall–Kier alpha value is -7.36. The van der Waals surface area contributed by atoms with Gasteiger partial charge in [0, 0.05) is 6.54 Å². The van der Waals surface area contributed by atoms with Gasteiger partial charge in [0.15, 0.2) is 45.0 Å². The van der Waals surface area contributed by atoms with Gasteiger partial charge in [0.1, 0.15) is 31.0 Å². The molecule has 0 amide bonds. The van der Waals surface area contributed by atoms with E-state index in [0.717, 1.165) is 23.5 Å². The van der Waals surface area contributed by atoms with E-state index in [0.29, 0.717) is 24.3 Å². The van der Waals surface area contributed by atoms with Gasteiger partial charge in [-0.25, -0.2) is 19.9 Å². The number of thioether (sulfide) groups is 2. The van der Waals surface area contributed by atoms with E-state index in [4.69, 9.17) is 33.5 Å². The van der Waals surface area contributed by atoms with Crippen molar-refractivity contribution < 1.29 is 64.9 Å². The number of rotatable bonds is 20. The van der Waals surface area contributed by atoms with Crippen LogP contribution in [0, 0.1) is 22.7 Å². The third-order valence-electron chi connectivity index (χ3n) is 7.89. The maximum Gasteiger partial charge on any atom is 0.296 e. The number of benzene rings is 2. The van der Waals surface area contributed by atoms with E-state index in [1.165, 1.54) is 0 Å². The first kappa shape index (κ1) is 54.6. The van der Waals surface area contributed by atoms with E-state index < -0.39 is 158 Å². The Morgan fingerprint density at radius 2 is 0.845 bits per heavy atom. The van der Waals surface area contributed by atoms with E-state index in [1.807, 2.05) is 12.1 Å². The number of nitrogens with one attached hydrogen (secondary N) is 3. The van der Waals surface area contributed by atoms with E-state index >= 15 is 0 Å². The zero-order valence-corrected chi connectivity index (χ0v) is 40.2. The molecule has 0 radical (unpaired) electrons. The number of azo groups is 2. The van der Waals surface area contributed by atoms with Crippen molar-refractivity contribution in [1.29, 1.82) is 10.5 Å². The molecule has 0 unspecified atom stereocenters. The summed E-state index contributed by atoms with van der Waals surface area (Å²) in [7, 11) is -26.6. The Morgan fingerprint density at radius 3 is 1.15 bits per heavy atom. The van der Waals surface area contributed by atoms with Crippen LogP contribution in [-0.2, 0) is 50.6 Å². The SMILES string of the molecule is N#CCSc1nc(N)c(N=Nc2cc(S(=O)(=O)O)c(Nc3nc(NCCS(=O)(=O)O)nc(Nc4cc(S(=O)(=O)O)c(N=Nc5c(N)nc(SCC#N)nc5N)cc4S(=O)(=O)O)n3)cc2S(=O)(=O)O)c(N)n1. The zero-order valence-electron chi connectivity index (χ0n) is 34.4. The van der Waals surface area contributed by atoms with Crippen molar-refractivity contribution >= 4 is 149 Å². The molecule has 0 aliphatic carbocycles. The van der Waals surface area contributed by atoms with Crippen LogP contribution in [0.25, 0.3) is 0 Å². The normalized spacial score (nSPS) is 12.4. The van der Waals surface area contributed by atoms with Crippen LogP contribution in [0.2, 0.25) is 0 Å². The lowest BCUT2D eigenvalue weighted by Crippen LogP contribution is -2.17. The Labute approximate surface area is 406 Å². The van der Waals surface area contributed by atoms with Crippen molar-refractivity contribution in [2.75, 3.05) is 62.7 Å². The number of nitrogens with two attached hydrogens (primary N) is 4. The molecule has 5 rings (SSSR count). The molecule has 0 aliphatic rings. The van der Waals surface area contributed by atoms with Crippen molar-refractivity contribution in [1.82, 2.24) is 34.9 Å². The summed E-state index contributed by atoms with van der Waals surface area (Å²) in [5, 5.41) is 38.7. The maximum absolute atomic E-state index is 12.7. The molecule has 0 aliphatic heterocycles. The van der Waals surface area contributed by atoms with E-state index in [1.54, 1.807) is 0 Å². The van der Waals surface area contributed by atoms with Crippen molar-refractivity contribution in [2.45, 2.75) is 29.9 Å². The molecule has 3 aromatic heterocycles. The third kappa shape index (κ3) is 14.6. The van der Waals surface area contributed by atoms with Gasteiger partial charge in [0.25, 0.3) is 50.6 Å². The molecule has 42 heteroatoms. The van der Waals surface area contributed by atoms with Gasteiger partial charge in [-0.2, -0.15) is 67.6 Å². The van der Waals surface area contributed by atoms with Crippen LogP contribution < -0.4 is 38.9 Å². The molecule has 5 aromatic rings. The highest BCUT2D eigenvalue weighted by atomic mass is 32.2. The molecule has 0 spiro atoms. The summed E-state index contributed by atoms with van der Waals surface area (Å²) >= 11 is 1.65. The van der Waals surface area contributed by atoms with Crippen molar-refractivity contribution in [3.8, 4) is 12.1 Å². The second kappa shape index (κ2) is 21.3. The minimum Gasteiger partial charge on any atom is -0.382 e. The smallest absolute Gasteiger partial charge is 0.296 e. The van der Waals surface area contributed by atoms with Gasteiger partial charge < -0.3 is 38.9 Å². The molecule has 71 heavy (non-hydrogen) atoms. The highest BCUT2D eigenvalue weighted by molar-refractivity contribution is 7.99. The first-order valence-corrected chi connectivity index (χ1v) is 27.2. The molecule has 35 nitrogen and oxygen atoms in total. The number of aromatic nitrogens is 7. The fourth-order valence-corrected chi connectivity index (χ4v) is 9.02. The number of hydrogen-bond acceptors (Lipinski definition) is 32. The van der Waals surface area contributed by atoms with Crippen molar-refractivity contribution in [3.05, 3.63) is 24.3 Å². The minimum atomic E-state index is -5.49. The lowest BCUT2D eigenvalue weighted by atomic mass is 10.3. The summed E-state index contributed by atoms with van der Waals surface area (Å²) in [6.45, 7) is -0.712. The van der Waals surface area contributed by atoms with Gasteiger partial charge in [0.05, 0.1) is 40.8 Å². The van der Waals surface area contributed by atoms with E-state index in [9.17, 15) is 64.9 Å². The highest BCUT2D eigenvalue weighted by Crippen LogP contribution is 2.40. The lowest BCUT2D eigenvalue weighted by Gasteiger charge is -2.15. The molecule has 0 atom stereocenters. The first-order valence-electron chi connectivity index (χ1n) is 17.8. The Balaban J connectivity index is 1.66. The molecule has 2 aromatic carbocycles. The van der Waals surface area contributed by atoms with E-state index in [2.05, 4.69) is 71.3 Å². The van der Waals surface area contributed by atoms with Gasteiger partial charge in [-0.05, 0) is 24.3 Å². The standard InChI is InChI=1S/C29H28N20O15S7/c30-1-4-65-28-39-21(32)19(22(33)40-28)48-46-13-9-15(68(53,54)55)11(7-17(13)70(59,60)61)37-26-43-25(36-3-6-67(50,51)52)44-27(45-26)38-12-8-18(71(62,63)64)14(10-16(12)69(56,57)58)47-49-20-23(34)41-29(42-24(20)35)66-5-2-31/h7-10H,3-6H2,(H,50,51,52)(H,53,54,55)(H,56,57,58)(H,59,60,61)(H,62,63,64)(H4,32,33,39,40)(H4,34,35,41,42)(H3,36,37,38,43,44,45). The van der Waals surface area contributed by atoms with Gasteiger partial charge in [0.2, 0.25) is 17.8 Å². The Bertz CT molecular complexity index is 3440. The molecule has 0 fully saturated rings. The van der Waals surface area contributed by atoms with Crippen LogP contribution in [-0.4, -0.2) is 124 Å². The summed E-state index contributed by atoms with van der Waals surface area (Å²) < 4.78 is 175. The third-order valence-corrected chi connectivity index (χ3v) is 13.6. The molecule has 0 bridgehead atoms. The van der Waals surface area contributed by atoms with Gasteiger partial charge in [-0.15, -0.1) is 20.5 Å². The predicted molar refractivity (Wildman–Crippen MR) is 246 cm³/mol. The van der Waals surface area contributed by atoms with Gasteiger partial charge >= 0.3 is 0 Å².